The van der Waals surface area contributed by atoms with Gasteiger partial charge in [0.05, 0.1) is 5.69 Å². The lowest BCUT2D eigenvalue weighted by molar-refractivity contribution is 0.103. The molecule has 1 aromatic carbocycles. The van der Waals surface area contributed by atoms with E-state index < -0.39 is 0 Å². The quantitative estimate of drug-likeness (QED) is 0.795. The van der Waals surface area contributed by atoms with E-state index in [0.29, 0.717) is 17.1 Å². The van der Waals surface area contributed by atoms with Crippen molar-refractivity contribution in [3.8, 4) is 0 Å². The Morgan fingerprint density at radius 3 is 2.90 bits per heavy atom. The largest absolute Gasteiger partial charge is 0.295 e. The molecule has 4 heteroatoms. The van der Waals surface area contributed by atoms with E-state index in [4.69, 9.17) is 0 Å². The van der Waals surface area contributed by atoms with Gasteiger partial charge >= 0.3 is 0 Å². The van der Waals surface area contributed by atoms with Crippen LogP contribution in [0.4, 0.5) is 0 Å². The van der Waals surface area contributed by atoms with Gasteiger partial charge in [0.15, 0.2) is 5.01 Å². The lowest BCUT2D eigenvalue weighted by Crippen LogP contribution is -2.33. The molecule has 0 radical (unpaired) electrons. The number of benzene rings is 1. The maximum atomic E-state index is 12.5. The first-order valence-corrected chi connectivity index (χ1v) is 7.87. The second-order valence-electron chi connectivity index (χ2n) is 5.64. The molecule has 1 aromatic heterocycles. The third-order valence-electron chi connectivity index (χ3n) is 4.53. The van der Waals surface area contributed by atoms with Gasteiger partial charge in [-0.3, -0.25) is 9.69 Å². The van der Waals surface area contributed by atoms with Crippen molar-refractivity contribution in [1.82, 2.24) is 9.88 Å². The highest BCUT2D eigenvalue weighted by Gasteiger charge is 2.40. The summed E-state index contributed by atoms with van der Waals surface area (Å²) in [5, 5.41) is 0.655. The predicted octanol–water partition coefficient (Wildman–Crippen LogP) is 3.07. The van der Waals surface area contributed by atoms with Crippen molar-refractivity contribution in [3.63, 3.8) is 0 Å². The first kappa shape index (κ1) is 12.2. The molecule has 2 unspecified atom stereocenters. The molecule has 2 aliphatic heterocycles. The van der Waals surface area contributed by atoms with E-state index in [2.05, 4.69) is 16.9 Å². The van der Waals surface area contributed by atoms with Crippen molar-refractivity contribution in [2.45, 2.75) is 31.3 Å². The topological polar surface area (TPSA) is 33.2 Å². The van der Waals surface area contributed by atoms with E-state index in [1.165, 1.54) is 23.4 Å². The summed E-state index contributed by atoms with van der Waals surface area (Å²) >= 11 is 1.60. The van der Waals surface area contributed by atoms with Crippen LogP contribution in [0, 0.1) is 0 Å². The van der Waals surface area contributed by atoms with Gasteiger partial charge in [-0.05, 0) is 19.9 Å². The number of carbonyl (C=O) groups excluding carboxylic acids is 1. The standard InChI is InChI=1S/C16H16N2OS/c1-18-11-7-8-13(18)15-12(9-11)17-16(20-15)14(19)10-5-3-2-4-6-10/h2-6,11,13H,7-9H2,1H3. The van der Waals surface area contributed by atoms with E-state index in [9.17, 15) is 4.79 Å². The smallest absolute Gasteiger partial charge is 0.221 e. The van der Waals surface area contributed by atoms with Crippen LogP contribution in [0.5, 0.6) is 0 Å². The minimum absolute atomic E-state index is 0.0588. The molecule has 0 N–H and O–H groups in total. The van der Waals surface area contributed by atoms with E-state index >= 15 is 0 Å². The predicted molar refractivity (Wildman–Crippen MR) is 79.2 cm³/mol. The Bertz CT molecular complexity index is 664. The summed E-state index contributed by atoms with van der Waals surface area (Å²) in [6.07, 6.45) is 3.46. The highest BCUT2D eigenvalue weighted by Crippen LogP contribution is 2.45. The zero-order chi connectivity index (χ0) is 13.7. The number of rotatable bonds is 2. The molecule has 3 nitrogen and oxygen atoms in total. The van der Waals surface area contributed by atoms with Gasteiger partial charge in [0.1, 0.15) is 0 Å². The fourth-order valence-electron chi connectivity index (χ4n) is 3.38. The zero-order valence-corrected chi connectivity index (χ0v) is 12.2. The second kappa shape index (κ2) is 4.50. The summed E-state index contributed by atoms with van der Waals surface area (Å²) in [6, 6.07) is 10.6. The monoisotopic (exact) mass is 284 g/mol. The zero-order valence-electron chi connectivity index (χ0n) is 11.4. The molecule has 0 aliphatic carbocycles. The number of fused-ring (bicyclic) bond motifs is 4. The average molecular weight is 284 g/mol. The molecule has 0 spiro atoms. The molecular formula is C16H16N2OS. The van der Waals surface area contributed by atoms with Crippen LogP contribution in [-0.4, -0.2) is 28.8 Å². The van der Waals surface area contributed by atoms with Crippen LogP contribution in [0.15, 0.2) is 30.3 Å². The summed E-state index contributed by atoms with van der Waals surface area (Å²) in [6.45, 7) is 0. The SMILES string of the molecule is CN1C2CCC1c1sc(C(=O)c3ccccc3)nc1C2. The minimum Gasteiger partial charge on any atom is -0.295 e. The van der Waals surface area contributed by atoms with Crippen molar-refractivity contribution in [2.75, 3.05) is 7.05 Å². The molecule has 2 bridgehead atoms. The summed E-state index contributed by atoms with van der Waals surface area (Å²) in [5.41, 5.74) is 1.90. The lowest BCUT2D eigenvalue weighted by Gasteiger charge is -2.29. The number of nitrogens with zero attached hydrogens (tertiary/aromatic N) is 2. The second-order valence-corrected chi connectivity index (χ2v) is 6.67. The Hall–Kier alpha value is -1.52. The van der Waals surface area contributed by atoms with Crippen LogP contribution < -0.4 is 0 Å². The van der Waals surface area contributed by atoms with E-state index in [1.54, 1.807) is 11.3 Å². The van der Waals surface area contributed by atoms with Gasteiger partial charge in [-0.1, -0.05) is 30.3 Å². The molecule has 0 saturated carbocycles. The van der Waals surface area contributed by atoms with Crippen LogP contribution in [-0.2, 0) is 6.42 Å². The van der Waals surface area contributed by atoms with E-state index in [1.807, 2.05) is 30.3 Å². The van der Waals surface area contributed by atoms with Gasteiger partial charge in [-0.2, -0.15) is 0 Å². The number of thiazole rings is 1. The summed E-state index contributed by atoms with van der Waals surface area (Å²) in [5.74, 6) is 0.0588. The van der Waals surface area contributed by atoms with Crippen molar-refractivity contribution >= 4 is 17.1 Å². The minimum atomic E-state index is 0.0588. The number of carbonyl (C=O) groups is 1. The molecule has 20 heavy (non-hydrogen) atoms. The van der Waals surface area contributed by atoms with Crippen molar-refractivity contribution in [2.24, 2.45) is 0 Å². The van der Waals surface area contributed by atoms with Gasteiger partial charge in [-0.25, -0.2) is 4.98 Å². The molecule has 2 atom stereocenters. The van der Waals surface area contributed by atoms with Gasteiger partial charge in [0.25, 0.3) is 0 Å². The van der Waals surface area contributed by atoms with Crippen LogP contribution >= 0.6 is 11.3 Å². The van der Waals surface area contributed by atoms with Crippen LogP contribution in [0.1, 0.15) is 44.8 Å². The Kier molecular flexibility index (Phi) is 2.75. The molecule has 2 aliphatic rings. The van der Waals surface area contributed by atoms with Gasteiger partial charge in [-0.15, -0.1) is 11.3 Å². The molecular weight excluding hydrogens is 268 g/mol. The molecule has 1 saturated heterocycles. The first-order chi connectivity index (χ1) is 9.74. The number of hydrogen-bond acceptors (Lipinski definition) is 4. The molecule has 2 aromatic rings. The van der Waals surface area contributed by atoms with Crippen LogP contribution in [0.2, 0.25) is 0 Å². The molecule has 3 heterocycles. The number of likely N-dealkylation sites (N-methyl/N-ethyl adjacent to an activating group) is 1. The summed E-state index contributed by atoms with van der Waals surface area (Å²) in [4.78, 5) is 20.9. The highest BCUT2D eigenvalue weighted by atomic mass is 32.1. The third-order valence-corrected chi connectivity index (χ3v) is 5.73. The Morgan fingerprint density at radius 1 is 1.30 bits per heavy atom. The van der Waals surface area contributed by atoms with Crippen molar-refractivity contribution in [3.05, 3.63) is 51.5 Å². The molecule has 0 amide bonds. The lowest BCUT2D eigenvalue weighted by atomic mass is 10.1. The summed E-state index contributed by atoms with van der Waals surface area (Å²) in [7, 11) is 2.20. The molecule has 1 fully saturated rings. The Balaban J connectivity index is 1.71. The number of ketones is 1. The fraction of sp³-hybridized carbons (Fsp3) is 0.375. The average Bonchev–Trinajstić information content (AvgIpc) is 3.00. The summed E-state index contributed by atoms with van der Waals surface area (Å²) < 4.78 is 0. The van der Waals surface area contributed by atoms with Crippen molar-refractivity contribution < 1.29 is 4.79 Å². The molecule has 4 rings (SSSR count). The first-order valence-electron chi connectivity index (χ1n) is 7.05. The number of hydrogen-bond donors (Lipinski definition) is 0. The normalized spacial score (nSPS) is 24.6. The maximum Gasteiger partial charge on any atom is 0.221 e. The third kappa shape index (κ3) is 1.75. The Morgan fingerprint density at radius 2 is 2.10 bits per heavy atom. The van der Waals surface area contributed by atoms with E-state index in [-0.39, 0.29) is 5.78 Å². The van der Waals surface area contributed by atoms with Crippen LogP contribution in [0.25, 0.3) is 0 Å². The Labute approximate surface area is 122 Å². The molecule has 102 valence electrons. The van der Waals surface area contributed by atoms with Crippen LogP contribution in [0.3, 0.4) is 0 Å². The highest BCUT2D eigenvalue weighted by molar-refractivity contribution is 7.14. The number of aromatic nitrogens is 1. The fourth-order valence-corrected chi connectivity index (χ4v) is 4.62. The van der Waals surface area contributed by atoms with E-state index in [0.717, 1.165) is 12.0 Å². The van der Waals surface area contributed by atoms with Gasteiger partial charge < -0.3 is 0 Å². The maximum absolute atomic E-state index is 12.5. The van der Waals surface area contributed by atoms with Gasteiger partial charge in [0, 0.05) is 28.9 Å². The van der Waals surface area contributed by atoms with Crippen molar-refractivity contribution in [1.29, 1.82) is 0 Å². The van der Waals surface area contributed by atoms with Gasteiger partial charge in [0.2, 0.25) is 5.78 Å².